The summed E-state index contributed by atoms with van der Waals surface area (Å²) in [6, 6.07) is 0.106. The Bertz CT molecular complexity index is 293. The summed E-state index contributed by atoms with van der Waals surface area (Å²) >= 11 is 0. The van der Waals surface area contributed by atoms with E-state index in [-0.39, 0.29) is 17.9 Å². The summed E-state index contributed by atoms with van der Waals surface area (Å²) in [5.41, 5.74) is -0.734. The second kappa shape index (κ2) is 4.92. The smallest absolute Gasteiger partial charge is 0.229 e. The lowest BCUT2D eigenvalue weighted by molar-refractivity contribution is -0.142. The first-order valence-electron chi connectivity index (χ1n) is 6.30. The van der Waals surface area contributed by atoms with Gasteiger partial charge in [0.1, 0.15) is 0 Å². The molecular weight excluding hydrogens is 220 g/mol. The van der Waals surface area contributed by atoms with Crippen molar-refractivity contribution in [2.75, 3.05) is 33.4 Å². The number of β-amino-alcohol motifs (C(OH)–C–C–N with tert-alkyl or cyclic N) is 1. The average Bonchev–Trinajstić information content (AvgIpc) is 2.74. The van der Waals surface area contributed by atoms with Crippen LogP contribution in [0, 0.1) is 5.92 Å². The minimum atomic E-state index is -0.734. The van der Waals surface area contributed by atoms with Gasteiger partial charge in [0.15, 0.2) is 0 Å². The van der Waals surface area contributed by atoms with E-state index in [1.807, 2.05) is 7.05 Å². The molecule has 0 aliphatic carbocycles. The number of piperidine rings is 1. The zero-order valence-corrected chi connectivity index (χ0v) is 10.6. The van der Waals surface area contributed by atoms with E-state index in [1.165, 1.54) is 0 Å². The lowest BCUT2D eigenvalue weighted by Crippen LogP contribution is -2.52. The summed E-state index contributed by atoms with van der Waals surface area (Å²) in [4.78, 5) is 14.1. The van der Waals surface area contributed by atoms with Crippen LogP contribution in [0.3, 0.4) is 0 Å². The third kappa shape index (κ3) is 2.78. The molecular formula is C12H22N2O3. The molecule has 98 valence electrons. The fraction of sp³-hybridized carbons (Fsp3) is 0.917. The van der Waals surface area contributed by atoms with Crippen molar-refractivity contribution in [2.24, 2.45) is 5.92 Å². The molecule has 17 heavy (non-hydrogen) atoms. The Kier molecular flexibility index (Phi) is 3.70. The van der Waals surface area contributed by atoms with Crippen molar-refractivity contribution in [2.45, 2.75) is 31.4 Å². The summed E-state index contributed by atoms with van der Waals surface area (Å²) in [5.74, 6) is 0.00993. The van der Waals surface area contributed by atoms with Crippen LogP contribution in [-0.2, 0) is 9.53 Å². The predicted octanol–water partition coefficient (Wildman–Crippen LogP) is -0.406. The first kappa shape index (κ1) is 12.8. The van der Waals surface area contributed by atoms with E-state index >= 15 is 0 Å². The maximum Gasteiger partial charge on any atom is 0.229 e. The monoisotopic (exact) mass is 242 g/mol. The third-order valence-electron chi connectivity index (χ3n) is 3.76. The summed E-state index contributed by atoms with van der Waals surface area (Å²) in [6.45, 7) is 4.08. The van der Waals surface area contributed by atoms with E-state index in [1.54, 1.807) is 11.8 Å². The maximum atomic E-state index is 12.4. The first-order chi connectivity index (χ1) is 8.03. The van der Waals surface area contributed by atoms with Crippen molar-refractivity contribution in [3.05, 3.63) is 0 Å². The Morgan fingerprint density at radius 3 is 2.94 bits per heavy atom. The molecule has 2 N–H and O–H groups in total. The van der Waals surface area contributed by atoms with Gasteiger partial charge in [-0.3, -0.25) is 4.79 Å². The van der Waals surface area contributed by atoms with Gasteiger partial charge in [-0.1, -0.05) is 0 Å². The Morgan fingerprint density at radius 2 is 2.29 bits per heavy atom. The minimum Gasteiger partial charge on any atom is -0.388 e. The van der Waals surface area contributed by atoms with Crippen molar-refractivity contribution in [3.63, 3.8) is 0 Å². The van der Waals surface area contributed by atoms with Crippen molar-refractivity contribution in [1.82, 2.24) is 10.2 Å². The fourth-order valence-corrected chi connectivity index (χ4v) is 2.72. The van der Waals surface area contributed by atoms with E-state index in [2.05, 4.69) is 5.32 Å². The molecule has 0 spiro atoms. The van der Waals surface area contributed by atoms with Gasteiger partial charge in [-0.2, -0.15) is 0 Å². The molecule has 2 aliphatic rings. The normalized spacial score (nSPS) is 38.4. The molecule has 2 rings (SSSR count). The van der Waals surface area contributed by atoms with Crippen LogP contribution in [0.15, 0.2) is 0 Å². The molecule has 5 heteroatoms. The van der Waals surface area contributed by atoms with Crippen molar-refractivity contribution in [3.8, 4) is 0 Å². The zero-order valence-electron chi connectivity index (χ0n) is 10.6. The number of likely N-dealkylation sites (tertiary alicyclic amines) is 1. The lowest BCUT2D eigenvalue weighted by Gasteiger charge is -2.38. The topological polar surface area (TPSA) is 61.8 Å². The molecule has 5 nitrogen and oxygen atoms in total. The number of likely N-dealkylation sites (N-methyl/N-ethyl adjacent to an activating group) is 1. The number of nitrogens with one attached hydrogen (secondary N) is 1. The van der Waals surface area contributed by atoms with Crippen molar-refractivity contribution < 1.29 is 14.6 Å². The summed E-state index contributed by atoms with van der Waals surface area (Å²) < 4.78 is 5.35. The van der Waals surface area contributed by atoms with E-state index in [0.717, 1.165) is 19.4 Å². The SMILES string of the molecule is CNC1COCC1C(=O)N1CCCC(C)(O)C1. The van der Waals surface area contributed by atoms with Gasteiger partial charge < -0.3 is 20.1 Å². The van der Waals surface area contributed by atoms with Gasteiger partial charge in [0, 0.05) is 19.1 Å². The second-order valence-electron chi connectivity index (χ2n) is 5.40. The van der Waals surface area contributed by atoms with Crippen LogP contribution >= 0.6 is 0 Å². The number of carbonyl (C=O) groups is 1. The molecule has 2 aliphatic heterocycles. The largest absolute Gasteiger partial charge is 0.388 e. The summed E-state index contributed by atoms with van der Waals surface area (Å²) in [7, 11) is 1.85. The summed E-state index contributed by atoms with van der Waals surface area (Å²) in [5, 5.41) is 13.1. The molecule has 0 aromatic heterocycles. The number of amides is 1. The number of rotatable bonds is 2. The lowest BCUT2D eigenvalue weighted by atomic mass is 9.93. The highest BCUT2D eigenvalue weighted by molar-refractivity contribution is 5.80. The molecule has 2 heterocycles. The van der Waals surface area contributed by atoms with Crippen LogP contribution in [0.25, 0.3) is 0 Å². The van der Waals surface area contributed by atoms with Gasteiger partial charge in [-0.25, -0.2) is 0 Å². The molecule has 0 bridgehead atoms. The van der Waals surface area contributed by atoms with E-state index in [0.29, 0.717) is 19.8 Å². The van der Waals surface area contributed by atoms with Gasteiger partial charge in [0.2, 0.25) is 5.91 Å². The number of hydrogen-bond acceptors (Lipinski definition) is 4. The molecule has 1 amide bonds. The molecule has 0 aromatic carbocycles. The molecule has 2 fully saturated rings. The molecule has 3 unspecified atom stereocenters. The molecule has 0 radical (unpaired) electrons. The molecule has 0 saturated carbocycles. The van der Waals surface area contributed by atoms with Crippen LogP contribution in [0.2, 0.25) is 0 Å². The second-order valence-corrected chi connectivity index (χ2v) is 5.40. The molecule has 0 aromatic rings. The Balaban J connectivity index is 1.99. The standard InChI is InChI=1S/C12H22N2O3/c1-12(16)4-3-5-14(8-12)11(15)9-6-17-7-10(9)13-2/h9-10,13,16H,3-8H2,1-2H3. The molecule has 2 saturated heterocycles. The number of nitrogens with zero attached hydrogens (tertiary/aromatic N) is 1. The van der Waals surface area contributed by atoms with Crippen LogP contribution in [0.4, 0.5) is 0 Å². The number of aliphatic hydroxyl groups is 1. The number of ether oxygens (including phenoxy) is 1. The Morgan fingerprint density at radius 1 is 1.53 bits per heavy atom. The highest BCUT2D eigenvalue weighted by Crippen LogP contribution is 2.24. The van der Waals surface area contributed by atoms with Crippen molar-refractivity contribution >= 4 is 5.91 Å². The van der Waals surface area contributed by atoms with E-state index in [9.17, 15) is 9.90 Å². The fourth-order valence-electron chi connectivity index (χ4n) is 2.72. The van der Waals surface area contributed by atoms with Gasteiger partial charge >= 0.3 is 0 Å². The highest BCUT2D eigenvalue weighted by atomic mass is 16.5. The maximum absolute atomic E-state index is 12.4. The Hall–Kier alpha value is -0.650. The Labute approximate surface area is 102 Å². The minimum absolute atomic E-state index is 0.103. The van der Waals surface area contributed by atoms with Gasteiger partial charge in [-0.05, 0) is 26.8 Å². The van der Waals surface area contributed by atoms with Crippen LogP contribution in [0.1, 0.15) is 19.8 Å². The average molecular weight is 242 g/mol. The highest BCUT2D eigenvalue weighted by Gasteiger charge is 2.39. The van der Waals surface area contributed by atoms with Gasteiger partial charge in [0.05, 0.1) is 24.7 Å². The number of hydrogen-bond donors (Lipinski definition) is 2. The van der Waals surface area contributed by atoms with E-state index in [4.69, 9.17) is 4.74 Å². The van der Waals surface area contributed by atoms with Gasteiger partial charge in [0.25, 0.3) is 0 Å². The summed E-state index contributed by atoms with van der Waals surface area (Å²) in [6.07, 6.45) is 1.64. The van der Waals surface area contributed by atoms with Crippen LogP contribution < -0.4 is 5.32 Å². The third-order valence-corrected chi connectivity index (χ3v) is 3.76. The van der Waals surface area contributed by atoms with Crippen molar-refractivity contribution in [1.29, 1.82) is 0 Å². The number of carbonyl (C=O) groups excluding carboxylic acids is 1. The predicted molar refractivity (Wildman–Crippen MR) is 63.6 cm³/mol. The molecule has 3 atom stereocenters. The van der Waals surface area contributed by atoms with Gasteiger partial charge in [-0.15, -0.1) is 0 Å². The quantitative estimate of drug-likeness (QED) is 0.691. The van der Waals surface area contributed by atoms with Crippen LogP contribution in [-0.4, -0.2) is 60.9 Å². The van der Waals surface area contributed by atoms with E-state index < -0.39 is 5.60 Å². The first-order valence-corrected chi connectivity index (χ1v) is 6.30. The zero-order chi connectivity index (χ0) is 12.5. The van der Waals surface area contributed by atoms with Crippen LogP contribution in [0.5, 0.6) is 0 Å².